The topological polar surface area (TPSA) is 92.9 Å². The van der Waals surface area contributed by atoms with Crippen LogP contribution in [0.25, 0.3) is 0 Å². The minimum absolute atomic E-state index is 0.0218. The molecule has 0 bridgehead atoms. The lowest BCUT2D eigenvalue weighted by Gasteiger charge is -2.30. The number of likely N-dealkylation sites (tertiary alicyclic amines) is 1. The van der Waals surface area contributed by atoms with Gasteiger partial charge in [0.2, 0.25) is 0 Å². The Balaban J connectivity index is 1.99. The third-order valence-corrected chi connectivity index (χ3v) is 4.09. The van der Waals surface area contributed by atoms with Crippen LogP contribution in [-0.2, 0) is 11.2 Å². The van der Waals surface area contributed by atoms with Gasteiger partial charge in [-0.2, -0.15) is 0 Å². The van der Waals surface area contributed by atoms with Crippen molar-refractivity contribution in [2.45, 2.75) is 26.2 Å². The van der Waals surface area contributed by atoms with E-state index in [1.165, 1.54) is 0 Å². The third-order valence-electron chi connectivity index (χ3n) is 4.09. The fourth-order valence-electron chi connectivity index (χ4n) is 2.89. The van der Waals surface area contributed by atoms with E-state index in [0.717, 1.165) is 24.9 Å². The first-order valence-electron chi connectivity index (χ1n) is 7.86. The Morgan fingerprint density at radius 1 is 1.52 bits per heavy atom. The van der Waals surface area contributed by atoms with Crippen LogP contribution in [0.1, 0.15) is 25.3 Å². The number of ether oxygens (including phenoxy) is 1. The zero-order chi connectivity index (χ0) is 16.8. The van der Waals surface area contributed by atoms with Crippen LogP contribution in [-0.4, -0.2) is 47.1 Å². The Hall–Kier alpha value is -2.15. The fraction of sp³-hybridized carbons (Fsp3) is 0.562. The van der Waals surface area contributed by atoms with Gasteiger partial charge >= 0.3 is 11.7 Å². The molecule has 7 heteroatoms. The molecule has 0 saturated carbocycles. The molecular formula is C16H22N2O5. The molecule has 7 nitrogen and oxygen atoms in total. The summed E-state index contributed by atoms with van der Waals surface area (Å²) >= 11 is 0. The molecule has 1 atom stereocenters. The number of nitro groups is 1. The molecule has 1 N–H and O–H groups in total. The van der Waals surface area contributed by atoms with E-state index in [-0.39, 0.29) is 17.4 Å². The number of carboxylic acids is 1. The van der Waals surface area contributed by atoms with Crippen molar-refractivity contribution in [2.75, 3.05) is 26.2 Å². The lowest BCUT2D eigenvalue weighted by molar-refractivity contribution is -0.385. The fourth-order valence-corrected chi connectivity index (χ4v) is 2.89. The molecule has 23 heavy (non-hydrogen) atoms. The van der Waals surface area contributed by atoms with Crippen LogP contribution in [0.4, 0.5) is 5.69 Å². The van der Waals surface area contributed by atoms with Gasteiger partial charge in [0, 0.05) is 19.2 Å². The molecule has 1 aliphatic heterocycles. The number of hydrogen-bond donors (Lipinski definition) is 1. The molecule has 1 aliphatic rings. The Bertz CT molecular complexity index is 576. The van der Waals surface area contributed by atoms with E-state index < -0.39 is 10.9 Å². The molecule has 0 radical (unpaired) electrons. The summed E-state index contributed by atoms with van der Waals surface area (Å²) in [6, 6.07) is 5.01. The molecule has 1 fully saturated rings. The molecule has 1 aromatic carbocycles. The maximum atomic E-state index is 11.1. The molecule has 1 heterocycles. The smallest absolute Gasteiger partial charge is 0.311 e. The first-order valence-corrected chi connectivity index (χ1v) is 7.86. The molecule has 0 amide bonds. The van der Waals surface area contributed by atoms with Gasteiger partial charge in [-0.1, -0.05) is 6.07 Å². The zero-order valence-electron chi connectivity index (χ0n) is 13.2. The van der Waals surface area contributed by atoms with Crippen LogP contribution < -0.4 is 4.74 Å². The van der Waals surface area contributed by atoms with Gasteiger partial charge in [0.1, 0.15) is 0 Å². The van der Waals surface area contributed by atoms with E-state index in [0.29, 0.717) is 26.1 Å². The summed E-state index contributed by atoms with van der Waals surface area (Å²) in [5.41, 5.74) is 0.837. The number of piperidine rings is 1. The molecule has 1 unspecified atom stereocenters. The van der Waals surface area contributed by atoms with Gasteiger partial charge in [0.05, 0.1) is 17.4 Å². The van der Waals surface area contributed by atoms with Crippen molar-refractivity contribution in [3.05, 3.63) is 33.9 Å². The van der Waals surface area contributed by atoms with Crippen LogP contribution in [0.15, 0.2) is 18.2 Å². The highest BCUT2D eigenvalue weighted by Crippen LogP contribution is 2.28. The summed E-state index contributed by atoms with van der Waals surface area (Å²) in [5, 5.41) is 20.2. The quantitative estimate of drug-likeness (QED) is 0.612. The van der Waals surface area contributed by atoms with E-state index in [4.69, 9.17) is 9.84 Å². The normalized spacial score (nSPS) is 18.6. The minimum Gasteiger partial charge on any atom is -0.487 e. The molecule has 2 rings (SSSR count). The maximum Gasteiger partial charge on any atom is 0.311 e. The molecule has 0 aliphatic carbocycles. The number of nitrogens with zero attached hydrogens (tertiary/aromatic N) is 2. The second-order valence-corrected chi connectivity index (χ2v) is 5.72. The predicted octanol–water partition coefficient (Wildman–Crippen LogP) is 2.33. The lowest BCUT2D eigenvalue weighted by Crippen LogP contribution is -2.39. The SMILES string of the molecule is CCOc1ccc(CCN2CCCC(C(=O)O)C2)cc1[N+](=O)[O-]. The number of nitro benzene ring substituents is 1. The van der Waals surface area contributed by atoms with Gasteiger partial charge in [-0.15, -0.1) is 0 Å². The van der Waals surface area contributed by atoms with Crippen molar-refractivity contribution in [1.29, 1.82) is 0 Å². The number of rotatable bonds is 7. The number of benzene rings is 1. The van der Waals surface area contributed by atoms with Crippen molar-refractivity contribution in [1.82, 2.24) is 4.90 Å². The molecule has 0 spiro atoms. The highest BCUT2D eigenvalue weighted by Gasteiger charge is 2.25. The second-order valence-electron chi connectivity index (χ2n) is 5.72. The summed E-state index contributed by atoms with van der Waals surface area (Å²) in [5.74, 6) is -0.769. The van der Waals surface area contributed by atoms with E-state index in [2.05, 4.69) is 4.90 Å². The minimum atomic E-state index is -0.744. The van der Waals surface area contributed by atoms with E-state index in [1.54, 1.807) is 19.1 Å². The zero-order valence-corrected chi connectivity index (χ0v) is 13.2. The molecule has 1 aromatic rings. The number of aliphatic carboxylic acids is 1. The lowest BCUT2D eigenvalue weighted by atomic mass is 9.98. The average molecular weight is 322 g/mol. The second kappa shape index (κ2) is 7.92. The first kappa shape index (κ1) is 17.2. The van der Waals surface area contributed by atoms with Crippen LogP contribution in [0.2, 0.25) is 0 Å². The van der Waals surface area contributed by atoms with Gasteiger partial charge in [-0.3, -0.25) is 14.9 Å². The van der Waals surface area contributed by atoms with Gasteiger partial charge in [-0.05, 0) is 44.4 Å². The number of carbonyl (C=O) groups is 1. The van der Waals surface area contributed by atoms with Crippen molar-refractivity contribution in [3.8, 4) is 5.75 Å². The van der Waals surface area contributed by atoms with Crippen LogP contribution in [0, 0.1) is 16.0 Å². The summed E-state index contributed by atoms with van der Waals surface area (Å²) in [7, 11) is 0. The molecule has 0 aromatic heterocycles. The van der Waals surface area contributed by atoms with Gasteiger partial charge in [0.25, 0.3) is 0 Å². The summed E-state index contributed by atoms with van der Waals surface area (Å²) in [6.07, 6.45) is 2.25. The van der Waals surface area contributed by atoms with Gasteiger partial charge in [-0.25, -0.2) is 0 Å². The maximum absolute atomic E-state index is 11.1. The molecular weight excluding hydrogens is 300 g/mol. The highest BCUT2D eigenvalue weighted by molar-refractivity contribution is 5.70. The van der Waals surface area contributed by atoms with Crippen LogP contribution in [0.3, 0.4) is 0 Å². The Labute approximate surface area is 135 Å². The van der Waals surface area contributed by atoms with Crippen molar-refractivity contribution < 1.29 is 19.6 Å². The number of hydrogen-bond acceptors (Lipinski definition) is 5. The van der Waals surface area contributed by atoms with E-state index in [9.17, 15) is 14.9 Å². The Morgan fingerprint density at radius 2 is 2.30 bits per heavy atom. The standard InChI is InChI=1S/C16H22N2O5/c1-2-23-15-6-5-12(10-14(15)18(21)22)7-9-17-8-3-4-13(11-17)16(19)20/h5-6,10,13H,2-4,7-9,11H2,1H3,(H,19,20). The Morgan fingerprint density at radius 3 is 2.96 bits per heavy atom. The number of carboxylic acid groups (broad SMARTS) is 1. The molecule has 1 saturated heterocycles. The first-order chi connectivity index (χ1) is 11.0. The van der Waals surface area contributed by atoms with E-state index >= 15 is 0 Å². The summed E-state index contributed by atoms with van der Waals surface area (Å²) in [4.78, 5) is 23.9. The third kappa shape index (κ3) is 4.66. The average Bonchev–Trinajstić information content (AvgIpc) is 2.54. The Kier molecular flexibility index (Phi) is 5.92. The predicted molar refractivity (Wildman–Crippen MR) is 84.8 cm³/mol. The van der Waals surface area contributed by atoms with Gasteiger partial charge < -0.3 is 14.7 Å². The van der Waals surface area contributed by atoms with Crippen LogP contribution >= 0.6 is 0 Å². The summed E-state index contributed by atoms with van der Waals surface area (Å²) in [6.45, 7) is 4.30. The summed E-state index contributed by atoms with van der Waals surface area (Å²) < 4.78 is 5.27. The van der Waals surface area contributed by atoms with Crippen LogP contribution in [0.5, 0.6) is 5.75 Å². The monoisotopic (exact) mass is 322 g/mol. The van der Waals surface area contributed by atoms with Crippen molar-refractivity contribution in [3.63, 3.8) is 0 Å². The van der Waals surface area contributed by atoms with E-state index in [1.807, 2.05) is 6.07 Å². The van der Waals surface area contributed by atoms with Gasteiger partial charge in [0.15, 0.2) is 5.75 Å². The largest absolute Gasteiger partial charge is 0.487 e. The molecule has 126 valence electrons. The van der Waals surface area contributed by atoms with Crippen molar-refractivity contribution in [2.24, 2.45) is 5.92 Å². The van der Waals surface area contributed by atoms with Crippen molar-refractivity contribution >= 4 is 11.7 Å². The highest BCUT2D eigenvalue weighted by atomic mass is 16.6.